The van der Waals surface area contributed by atoms with E-state index in [1.807, 2.05) is 127 Å². The summed E-state index contributed by atoms with van der Waals surface area (Å²) in [7, 11) is 0. The molecule has 0 unspecified atom stereocenters. The third-order valence-electron chi connectivity index (χ3n) is 21.7. The molecule has 0 bridgehead atoms. The molecular formula is C98H56N8O3S. The lowest BCUT2D eigenvalue weighted by Gasteiger charge is -2.12. The van der Waals surface area contributed by atoms with Gasteiger partial charge in [-0.05, 0) is 113 Å². The molecule has 0 aliphatic rings. The lowest BCUT2D eigenvalue weighted by Crippen LogP contribution is -2.00. The Bertz CT molecular complexity index is 7800. The van der Waals surface area contributed by atoms with E-state index >= 15 is 0 Å². The Morgan fingerprint density at radius 3 is 1.24 bits per heavy atom. The van der Waals surface area contributed by atoms with Crippen molar-refractivity contribution in [3.8, 4) is 79.7 Å². The Labute approximate surface area is 630 Å². The van der Waals surface area contributed by atoms with E-state index in [4.69, 9.17) is 43.2 Å². The Morgan fingerprint density at radius 2 is 0.627 bits per heavy atom. The minimum Gasteiger partial charge on any atom is -0.456 e. The van der Waals surface area contributed by atoms with E-state index in [1.165, 1.54) is 52.6 Å². The maximum Gasteiger partial charge on any atom is 0.164 e. The van der Waals surface area contributed by atoms with Gasteiger partial charge in [0, 0.05) is 125 Å². The van der Waals surface area contributed by atoms with Gasteiger partial charge in [-0.15, -0.1) is 11.3 Å². The van der Waals surface area contributed by atoms with Gasteiger partial charge in [0.2, 0.25) is 0 Å². The molecule has 24 aromatic rings. The molecule has 12 heteroatoms. The fraction of sp³-hybridized carbons (Fsp3) is 0. The molecule has 0 atom stereocenters. The van der Waals surface area contributed by atoms with Crippen molar-refractivity contribution in [3.05, 3.63) is 340 Å². The van der Waals surface area contributed by atoms with Gasteiger partial charge in [0.25, 0.3) is 0 Å². The summed E-state index contributed by atoms with van der Waals surface area (Å²) in [5.74, 6) is 3.80. The fourth-order valence-electron chi connectivity index (χ4n) is 16.8. The number of aromatic nitrogens is 8. The van der Waals surface area contributed by atoms with Gasteiger partial charge in [0.15, 0.2) is 34.9 Å². The van der Waals surface area contributed by atoms with E-state index in [0.29, 0.717) is 34.9 Å². The molecule has 0 radical (unpaired) electrons. The molecule has 0 N–H and O–H groups in total. The van der Waals surface area contributed by atoms with Crippen molar-refractivity contribution >= 4 is 162 Å². The second kappa shape index (κ2) is 24.4. The summed E-state index contributed by atoms with van der Waals surface area (Å²) in [6.07, 6.45) is 0. The SMILES string of the molecule is c1ccc(-c2nc(-c3ccccc3)nc(-c3cc4oc5ccc(-n6c7ccccc7c7cc8c(cc76)oc6ccccc68)cc5c4c4ccccc34)n2)cc1.c1ccc(-c2nc(-c3ccccc3)nc(-c3cc4sc5ccc(-n6c7ccccc7c7c8c(ccc76)oc6ccccc68)cc5c4c4ccccc34)n2)cc1. The van der Waals surface area contributed by atoms with E-state index < -0.39 is 0 Å². The molecule has 0 spiro atoms. The van der Waals surface area contributed by atoms with Crippen LogP contribution in [0.1, 0.15) is 0 Å². The molecule has 512 valence electrons. The van der Waals surface area contributed by atoms with Crippen LogP contribution in [0.3, 0.4) is 0 Å². The Balaban J connectivity index is 0.000000132. The molecule has 8 aromatic heterocycles. The van der Waals surface area contributed by atoms with Crippen molar-refractivity contribution in [2.75, 3.05) is 0 Å². The van der Waals surface area contributed by atoms with E-state index in [0.717, 1.165) is 143 Å². The van der Waals surface area contributed by atoms with Gasteiger partial charge in [0.1, 0.15) is 33.5 Å². The van der Waals surface area contributed by atoms with Crippen LogP contribution < -0.4 is 0 Å². The van der Waals surface area contributed by atoms with Crippen LogP contribution >= 0.6 is 11.3 Å². The third-order valence-corrected chi connectivity index (χ3v) is 22.8. The highest BCUT2D eigenvalue weighted by Crippen LogP contribution is 2.48. The van der Waals surface area contributed by atoms with Gasteiger partial charge in [-0.2, -0.15) is 0 Å². The van der Waals surface area contributed by atoms with Crippen LogP contribution in [0.4, 0.5) is 0 Å². The van der Waals surface area contributed by atoms with E-state index in [-0.39, 0.29) is 0 Å². The largest absolute Gasteiger partial charge is 0.456 e. The maximum absolute atomic E-state index is 6.70. The Kier molecular flexibility index (Phi) is 13.7. The predicted molar refractivity (Wildman–Crippen MR) is 451 cm³/mol. The molecule has 8 heterocycles. The normalized spacial score (nSPS) is 12.0. The smallest absolute Gasteiger partial charge is 0.164 e. The highest BCUT2D eigenvalue weighted by molar-refractivity contribution is 7.26. The predicted octanol–water partition coefficient (Wildman–Crippen LogP) is 26.3. The third kappa shape index (κ3) is 9.69. The van der Waals surface area contributed by atoms with Crippen LogP contribution in [0.15, 0.2) is 353 Å². The first-order valence-electron chi connectivity index (χ1n) is 36.7. The number of hydrogen-bond acceptors (Lipinski definition) is 10. The van der Waals surface area contributed by atoms with E-state index in [2.05, 4.69) is 234 Å². The zero-order chi connectivity index (χ0) is 72.1. The van der Waals surface area contributed by atoms with Crippen LogP contribution in [0, 0.1) is 0 Å². The van der Waals surface area contributed by atoms with Gasteiger partial charge < -0.3 is 22.4 Å². The summed E-state index contributed by atoms with van der Waals surface area (Å²) in [5, 5.41) is 18.3. The lowest BCUT2D eigenvalue weighted by molar-refractivity contribution is 0.668. The van der Waals surface area contributed by atoms with Crippen LogP contribution in [0.25, 0.3) is 231 Å². The molecule has 0 saturated heterocycles. The number of fused-ring (bicyclic) bond motifs is 23. The number of hydrogen-bond donors (Lipinski definition) is 0. The van der Waals surface area contributed by atoms with Gasteiger partial charge in [-0.25, -0.2) is 29.9 Å². The van der Waals surface area contributed by atoms with Crippen molar-refractivity contribution in [2.45, 2.75) is 0 Å². The summed E-state index contributed by atoms with van der Waals surface area (Å²) >= 11 is 1.81. The molecule has 110 heavy (non-hydrogen) atoms. The molecular weight excluding hydrogens is 1370 g/mol. The Morgan fingerprint density at radius 1 is 0.200 bits per heavy atom. The number of furan rings is 3. The van der Waals surface area contributed by atoms with Crippen molar-refractivity contribution in [1.29, 1.82) is 0 Å². The van der Waals surface area contributed by atoms with Crippen LogP contribution in [0.2, 0.25) is 0 Å². The molecule has 0 saturated carbocycles. The van der Waals surface area contributed by atoms with Crippen molar-refractivity contribution in [2.24, 2.45) is 0 Å². The van der Waals surface area contributed by atoms with Gasteiger partial charge >= 0.3 is 0 Å². The first-order valence-corrected chi connectivity index (χ1v) is 37.5. The average molecular weight is 1430 g/mol. The molecule has 0 fully saturated rings. The average Bonchev–Trinajstić information content (AvgIpc) is 1.55. The standard InChI is InChI=1S/C49H28N4O2.C49H28N4OS/c1-3-13-29(14-4-1)47-50-48(30-15-5-2-6-16-30)52-49(51-47)38-27-45-46(35-20-8-7-17-32(35)38)39-25-31(23-24-43(39)55-45)53-40-21-11-9-18-33(40)36-26-37-34-19-10-12-22-42(34)54-44(37)28-41(36)53;1-3-13-29(14-4-1)47-50-48(30-15-5-2-6-16-30)52-49(51-47)36-28-43-44(33-18-8-7-17-32(33)36)37-27-31(23-26-42(37)55-43)53-38-21-11-9-19-34(38)45-39(53)24-25-41-46(45)35-20-10-12-22-40(35)54-41/h2*1-28H. The second-order valence-corrected chi connectivity index (χ2v) is 29.0. The molecule has 24 rings (SSSR count). The zero-order valence-corrected chi connectivity index (χ0v) is 59.4. The summed E-state index contributed by atoms with van der Waals surface area (Å²) < 4.78 is 26.6. The van der Waals surface area contributed by atoms with E-state index in [1.54, 1.807) is 0 Å². The van der Waals surface area contributed by atoms with Gasteiger partial charge in [0.05, 0.1) is 22.1 Å². The molecule has 0 aliphatic carbocycles. The topological polar surface area (TPSA) is 127 Å². The maximum atomic E-state index is 6.70. The summed E-state index contributed by atoms with van der Waals surface area (Å²) in [5.41, 5.74) is 17.5. The number of benzene rings is 16. The zero-order valence-electron chi connectivity index (χ0n) is 58.5. The van der Waals surface area contributed by atoms with Crippen LogP contribution in [-0.2, 0) is 0 Å². The van der Waals surface area contributed by atoms with Crippen LogP contribution in [-0.4, -0.2) is 39.0 Å². The quantitative estimate of drug-likeness (QED) is 0.146. The van der Waals surface area contributed by atoms with Crippen LogP contribution in [0.5, 0.6) is 0 Å². The minimum atomic E-state index is 0.592. The first-order chi connectivity index (χ1) is 54.5. The molecule has 0 aliphatic heterocycles. The van der Waals surface area contributed by atoms with E-state index in [9.17, 15) is 0 Å². The number of para-hydroxylation sites is 4. The van der Waals surface area contributed by atoms with Crippen molar-refractivity contribution in [3.63, 3.8) is 0 Å². The number of thiophene rings is 1. The van der Waals surface area contributed by atoms with Crippen molar-refractivity contribution in [1.82, 2.24) is 39.0 Å². The first kappa shape index (κ1) is 61.6. The monoisotopic (exact) mass is 1420 g/mol. The lowest BCUT2D eigenvalue weighted by atomic mass is 9.98. The molecule has 0 amide bonds. The van der Waals surface area contributed by atoms with Gasteiger partial charge in [-0.3, -0.25) is 0 Å². The highest BCUT2D eigenvalue weighted by Gasteiger charge is 2.25. The minimum absolute atomic E-state index is 0.592. The van der Waals surface area contributed by atoms with Gasteiger partial charge in [-0.1, -0.05) is 243 Å². The summed E-state index contributed by atoms with van der Waals surface area (Å²) in [6, 6.07) is 118. The molecule has 16 aromatic carbocycles. The number of rotatable bonds is 8. The summed E-state index contributed by atoms with van der Waals surface area (Å²) in [4.78, 5) is 30.3. The highest BCUT2D eigenvalue weighted by atomic mass is 32.1. The number of nitrogens with zero attached hydrogens (tertiary/aromatic N) is 8. The Hall–Kier alpha value is -14.7. The molecule has 11 nitrogen and oxygen atoms in total. The van der Waals surface area contributed by atoms with Crippen molar-refractivity contribution < 1.29 is 13.3 Å². The second-order valence-electron chi connectivity index (χ2n) is 27.9. The summed E-state index contributed by atoms with van der Waals surface area (Å²) in [6.45, 7) is 0. The fourth-order valence-corrected chi connectivity index (χ4v) is 17.9.